The van der Waals surface area contributed by atoms with Crippen LogP contribution in [0.1, 0.15) is 44.9 Å². The molecule has 0 amide bonds. The summed E-state index contributed by atoms with van der Waals surface area (Å²) in [5, 5.41) is 2.89. The predicted octanol–water partition coefficient (Wildman–Crippen LogP) is 2.63. The second kappa shape index (κ2) is 6.08. The summed E-state index contributed by atoms with van der Waals surface area (Å²) in [6.07, 6.45) is 6.60. The quantitative estimate of drug-likeness (QED) is 0.542. The summed E-state index contributed by atoms with van der Waals surface area (Å²) in [4.78, 5) is 10.1. The van der Waals surface area contributed by atoms with E-state index in [1.165, 1.54) is 0 Å². The van der Waals surface area contributed by atoms with Gasteiger partial charge in [-0.1, -0.05) is 5.18 Å². The lowest BCUT2D eigenvalue weighted by atomic mass is 9.78. The molecule has 1 saturated heterocycles. The van der Waals surface area contributed by atoms with Gasteiger partial charge in [0.1, 0.15) is 0 Å². The molecule has 1 heterocycles. The highest BCUT2D eigenvalue weighted by atomic mass is 16.7. The van der Waals surface area contributed by atoms with Crippen LogP contribution in [0.3, 0.4) is 0 Å². The standard InChI is InChI=1S/C13H23NO4/c1-16-12(4-2-3-9-14-15)5-7-13(8-6-12)17-10-11-18-13/h2-11H2,1H3. The summed E-state index contributed by atoms with van der Waals surface area (Å²) in [5.41, 5.74) is -0.0521. The maximum absolute atomic E-state index is 10.1. The summed E-state index contributed by atoms with van der Waals surface area (Å²) >= 11 is 0. The zero-order valence-electron chi connectivity index (χ0n) is 11.2. The molecule has 2 rings (SSSR count). The molecule has 0 radical (unpaired) electrons. The molecule has 1 aliphatic carbocycles. The first-order valence-corrected chi connectivity index (χ1v) is 6.86. The van der Waals surface area contributed by atoms with Crippen molar-refractivity contribution in [2.24, 2.45) is 5.18 Å². The Hall–Kier alpha value is -0.520. The fraction of sp³-hybridized carbons (Fsp3) is 1.00. The van der Waals surface area contributed by atoms with Gasteiger partial charge in [-0.3, -0.25) is 0 Å². The molecule has 0 aromatic rings. The van der Waals surface area contributed by atoms with E-state index in [0.717, 1.165) is 44.9 Å². The van der Waals surface area contributed by atoms with E-state index in [4.69, 9.17) is 14.2 Å². The Morgan fingerprint density at radius 1 is 1.11 bits per heavy atom. The van der Waals surface area contributed by atoms with Gasteiger partial charge >= 0.3 is 0 Å². The monoisotopic (exact) mass is 257 g/mol. The van der Waals surface area contributed by atoms with E-state index >= 15 is 0 Å². The molecule has 0 bridgehead atoms. The van der Waals surface area contributed by atoms with Gasteiger partial charge < -0.3 is 14.2 Å². The molecule has 1 saturated carbocycles. The highest BCUT2D eigenvalue weighted by molar-refractivity contribution is 4.92. The van der Waals surface area contributed by atoms with Crippen LogP contribution in [0.4, 0.5) is 0 Å². The van der Waals surface area contributed by atoms with Crippen LogP contribution in [0.5, 0.6) is 0 Å². The lowest BCUT2D eigenvalue weighted by Gasteiger charge is -2.43. The van der Waals surface area contributed by atoms with Gasteiger partial charge in [-0.05, 0) is 32.1 Å². The van der Waals surface area contributed by atoms with Crippen molar-refractivity contribution in [2.45, 2.75) is 56.3 Å². The zero-order chi connectivity index (χ0) is 12.9. The molecule has 1 spiro atoms. The van der Waals surface area contributed by atoms with Crippen LogP contribution >= 0.6 is 0 Å². The van der Waals surface area contributed by atoms with Gasteiger partial charge in [-0.2, -0.15) is 4.91 Å². The minimum absolute atomic E-state index is 0.0521. The molecule has 2 aliphatic rings. The molecule has 0 atom stereocenters. The summed E-state index contributed by atoms with van der Waals surface area (Å²) in [7, 11) is 1.78. The molecular weight excluding hydrogens is 234 g/mol. The van der Waals surface area contributed by atoms with Crippen molar-refractivity contribution in [3.63, 3.8) is 0 Å². The van der Waals surface area contributed by atoms with E-state index in [1.54, 1.807) is 7.11 Å². The summed E-state index contributed by atoms with van der Waals surface area (Å²) in [6.45, 7) is 1.84. The molecule has 5 heteroatoms. The molecule has 0 unspecified atom stereocenters. The van der Waals surface area contributed by atoms with Crippen molar-refractivity contribution < 1.29 is 14.2 Å². The molecule has 0 aromatic heterocycles. The van der Waals surface area contributed by atoms with Crippen LogP contribution in [0.25, 0.3) is 0 Å². The van der Waals surface area contributed by atoms with Gasteiger partial charge in [-0.25, -0.2) is 0 Å². The molecule has 0 N–H and O–H groups in total. The molecule has 104 valence electrons. The highest BCUT2D eigenvalue weighted by Crippen LogP contribution is 2.43. The van der Waals surface area contributed by atoms with Crippen molar-refractivity contribution in [3.8, 4) is 0 Å². The number of rotatable bonds is 6. The van der Waals surface area contributed by atoms with Crippen molar-refractivity contribution >= 4 is 0 Å². The van der Waals surface area contributed by atoms with Crippen LogP contribution in [0.2, 0.25) is 0 Å². The second-order valence-corrected chi connectivity index (χ2v) is 5.30. The van der Waals surface area contributed by atoms with Crippen LogP contribution in [-0.2, 0) is 14.2 Å². The summed E-state index contributed by atoms with van der Waals surface area (Å²) in [5.74, 6) is -0.327. The minimum atomic E-state index is -0.327. The van der Waals surface area contributed by atoms with Crippen molar-refractivity contribution in [1.82, 2.24) is 0 Å². The van der Waals surface area contributed by atoms with Crippen LogP contribution in [0.15, 0.2) is 5.18 Å². The number of ether oxygens (including phenoxy) is 3. The van der Waals surface area contributed by atoms with Gasteiger partial charge in [0.05, 0.1) is 25.4 Å². The topological polar surface area (TPSA) is 57.1 Å². The average Bonchev–Trinajstić information content (AvgIpc) is 2.86. The van der Waals surface area contributed by atoms with Gasteiger partial charge in [0.15, 0.2) is 5.79 Å². The van der Waals surface area contributed by atoms with Crippen molar-refractivity contribution in [3.05, 3.63) is 4.91 Å². The SMILES string of the molecule is COC1(CCCCN=O)CCC2(CC1)OCCO2. The second-order valence-electron chi connectivity index (χ2n) is 5.30. The Bertz CT molecular complexity index is 266. The maximum Gasteiger partial charge on any atom is 0.168 e. The van der Waals surface area contributed by atoms with Crippen LogP contribution < -0.4 is 0 Å². The Kier molecular flexibility index (Phi) is 4.70. The Morgan fingerprint density at radius 2 is 1.78 bits per heavy atom. The number of unbranched alkanes of at least 4 members (excludes halogenated alkanes) is 1. The first kappa shape index (κ1) is 13.9. The smallest absolute Gasteiger partial charge is 0.168 e. The van der Waals surface area contributed by atoms with E-state index in [2.05, 4.69) is 5.18 Å². The molecule has 5 nitrogen and oxygen atoms in total. The zero-order valence-corrected chi connectivity index (χ0v) is 11.2. The third-order valence-corrected chi connectivity index (χ3v) is 4.30. The fourth-order valence-electron chi connectivity index (χ4n) is 3.05. The Balaban J connectivity index is 1.81. The Labute approximate surface area is 108 Å². The first-order valence-electron chi connectivity index (χ1n) is 6.86. The van der Waals surface area contributed by atoms with E-state index in [9.17, 15) is 4.91 Å². The van der Waals surface area contributed by atoms with Gasteiger partial charge in [0, 0.05) is 20.0 Å². The largest absolute Gasteiger partial charge is 0.378 e. The first-order chi connectivity index (χ1) is 8.74. The van der Waals surface area contributed by atoms with Gasteiger partial charge in [0.2, 0.25) is 0 Å². The van der Waals surface area contributed by atoms with E-state index in [0.29, 0.717) is 19.8 Å². The lowest BCUT2D eigenvalue weighted by molar-refractivity contribution is -0.207. The van der Waals surface area contributed by atoms with Gasteiger partial charge in [0.25, 0.3) is 0 Å². The minimum Gasteiger partial charge on any atom is -0.378 e. The molecule has 2 fully saturated rings. The van der Waals surface area contributed by atoms with Crippen LogP contribution in [-0.4, -0.2) is 38.3 Å². The third kappa shape index (κ3) is 3.08. The molecule has 1 aliphatic heterocycles. The molecular formula is C13H23NO4. The molecule has 0 aromatic carbocycles. The number of hydrogen-bond donors (Lipinski definition) is 0. The molecule has 18 heavy (non-hydrogen) atoms. The predicted molar refractivity (Wildman–Crippen MR) is 67.4 cm³/mol. The van der Waals surface area contributed by atoms with Crippen molar-refractivity contribution in [1.29, 1.82) is 0 Å². The number of hydrogen-bond acceptors (Lipinski definition) is 5. The summed E-state index contributed by atoms with van der Waals surface area (Å²) < 4.78 is 17.2. The number of nitroso groups, excluding NO2 is 1. The number of methoxy groups -OCH3 is 1. The Morgan fingerprint density at radius 3 is 2.33 bits per heavy atom. The lowest BCUT2D eigenvalue weighted by Crippen LogP contribution is -2.44. The highest BCUT2D eigenvalue weighted by Gasteiger charge is 2.46. The van der Waals surface area contributed by atoms with Crippen molar-refractivity contribution in [2.75, 3.05) is 26.9 Å². The summed E-state index contributed by atoms with van der Waals surface area (Å²) in [6, 6.07) is 0. The van der Waals surface area contributed by atoms with Crippen LogP contribution in [0, 0.1) is 4.91 Å². The van der Waals surface area contributed by atoms with E-state index in [1.807, 2.05) is 0 Å². The van der Waals surface area contributed by atoms with Gasteiger partial charge in [-0.15, -0.1) is 0 Å². The average molecular weight is 257 g/mol. The fourth-order valence-corrected chi connectivity index (χ4v) is 3.05. The normalized spacial score (nSPS) is 25.4. The van der Waals surface area contributed by atoms with E-state index in [-0.39, 0.29) is 11.4 Å². The number of nitrogens with zero attached hydrogens (tertiary/aromatic N) is 1. The third-order valence-electron chi connectivity index (χ3n) is 4.30. The maximum atomic E-state index is 10.1. The van der Waals surface area contributed by atoms with E-state index < -0.39 is 0 Å².